The molecule has 0 aliphatic carbocycles. The average Bonchev–Trinajstić information content (AvgIpc) is 2.91. The fourth-order valence-electron chi connectivity index (χ4n) is 2.07. The van der Waals surface area contributed by atoms with Crippen molar-refractivity contribution >= 4 is 11.6 Å². The highest BCUT2D eigenvalue weighted by Crippen LogP contribution is 2.14. The van der Waals surface area contributed by atoms with Crippen molar-refractivity contribution in [2.24, 2.45) is 0 Å². The van der Waals surface area contributed by atoms with Crippen molar-refractivity contribution in [2.45, 2.75) is 39.2 Å². The predicted octanol–water partition coefficient (Wildman–Crippen LogP) is 3.11. The molecule has 1 unspecified atom stereocenters. The summed E-state index contributed by atoms with van der Waals surface area (Å²) in [5, 5.41) is 6.48. The van der Waals surface area contributed by atoms with Crippen molar-refractivity contribution in [3.8, 4) is 0 Å². The molecular weight excluding hydrogens is 252 g/mol. The van der Waals surface area contributed by atoms with Crippen LogP contribution in [0.15, 0.2) is 28.9 Å². The predicted molar refractivity (Wildman–Crippen MR) is 81.1 cm³/mol. The molecule has 0 radical (unpaired) electrons. The minimum Gasteiger partial charge on any atom is -0.469 e. The SMILES string of the molecule is CCCc1nc(NC)cc(NC(C)Cc2ccco2)n1. The zero-order valence-corrected chi connectivity index (χ0v) is 12.3. The van der Waals surface area contributed by atoms with Crippen LogP contribution in [0.1, 0.15) is 31.9 Å². The molecule has 0 aliphatic rings. The summed E-state index contributed by atoms with van der Waals surface area (Å²) < 4.78 is 5.36. The topological polar surface area (TPSA) is 63.0 Å². The third-order valence-corrected chi connectivity index (χ3v) is 2.98. The van der Waals surface area contributed by atoms with Gasteiger partial charge in [0.05, 0.1) is 6.26 Å². The van der Waals surface area contributed by atoms with E-state index in [2.05, 4.69) is 34.4 Å². The smallest absolute Gasteiger partial charge is 0.133 e. The highest BCUT2D eigenvalue weighted by molar-refractivity contribution is 5.47. The molecule has 0 bridgehead atoms. The Morgan fingerprint density at radius 1 is 1.30 bits per heavy atom. The number of aryl methyl sites for hydroxylation is 1. The first-order valence-electron chi connectivity index (χ1n) is 7.06. The number of anilines is 2. The van der Waals surface area contributed by atoms with Crippen molar-refractivity contribution in [1.82, 2.24) is 9.97 Å². The van der Waals surface area contributed by atoms with Gasteiger partial charge in [0, 0.05) is 32.0 Å². The second-order valence-electron chi connectivity index (χ2n) is 4.88. The molecule has 2 N–H and O–H groups in total. The Hall–Kier alpha value is -2.04. The molecule has 0 aromatic carbocycles. The molecule has 5 nitrogen and oxygen atoms in total. The van der Waals surface area contributed by atoms with Crippen LogP contribution in [0.25, 0.3) is 0 Å². The molecular formula is C15H22N4O. The molecule has 0 fully saturated rings. The Morgan fingerprint density at radius 2 is 2.10 bits per heavy atom. The minimum atomic E-state index is 0.246. The van der Waals surface area contributed by atoms with Crippen LogP contribution in [0.3, 0.4) is 0 Å². The number of aromatic nitrogens is 2. The molecule has 0 saturated carbocycles. The zero-order chi connectivity index (χ0) is 14.4. The van der Waals surface area contributed by atoms with E-state index in [0.29, 0.717) is 0 Å². The van der Waals surface area contributed by atoms with Gasteiger partial charge in [0.1, 0.15) is 23.2 Å². The molecule has 0 spiro atoms. The van der Waals surface area contributed by atoms with E-state index in [9.17, 15) is 0 Å². The van der Waals surface area contributed by atoms with E-state index in [1.807, 2.05) is 25.2 Å². The highest BCUT2D eigenvalue weighted by atomic mass is 16.3. The van der Waals surface area contributed by atoms with Gasteiger partial charge in [0.25, 0.3) is 0 Å². The number of nitrogens with one attached hydrogen (secondary N) is 2. The first-order valence-corrected chi connectivity index (χ1v) is 7.06. The van der Waals surface area contributed by atoms with Crippen LogP contribution in [0.2, 0.25) is 0 Å². The van der Waals surface area contributed by atoms with Gasteiger partial charge in [-0.2, -0.15) is 0 Å². The average molecular weight is 274 g/mol. The number of rotatable bonds is 7. The maximum Gasteiger partial charge on any atom is 0.133 e. The summed E-state index contributed by atoms with van der Waals surface area (Å²) in [4.78, 5) is 8.99. The van der Waals surface area contributed by atoms with Crippen molar-refractivity contribution in [3.05, 3.63) is 36.0 Å². The van der Waals surface area contributed by atoms with Crippen molar-refractivity contribution in [2.75, 3.05) is 17.7 Å². The quantitative estimate of drug-likeness (QED) is 0.812. The van der Waals surface area contributed by atoms with E-state index in [0.717, 1.165) is 42.5 Å². The largest absolute Gasteiger partial charge is 0.469 e. The summed E-state index contributed by atoms with van der Waals surface area (Å²) in [6.45, 7) is 4.24. The maximum atomic E-state index is 5.36. The monoisotopic (exact) mass is 274 g/mol. The normalized spacial score (nSPS) is 12.2. The van der Waals surface area contributed by atoms with Gasteiger partial charge in [0.2, 0.25) is 0 Å². The molecule has 2 rings (SSSR count). The summed E-state index contributed by atoms with van der Waals surface area (Å²) >= 11 is 0. The third-order valence-electron chi connectivity index (χ3n) is 2.98. The summed E-state index contributed by atoms with van der Waals surface area (Å²) in [6, 6.07) is 6.07. The molecule has 2 heterocycles. The van der Waals surface area contributed by atoms with Gasteiger partial charge in [-0.25, -0.2) is 9.97 Å². The molecule has 108 valence electrons. The van der Waals surface area contributed by atoms with Crippen LogP contribution in [0.4, 0.5) is 11.6 Å². The Labute approximate surface area is 119 Å². The molecule has 0 amide bonds. The molecule has 1 atom stereocenters. The first-order chi connectivity index (χ1) is 9.71. The number of furan rings is 1. The second kappa shape index (κ2) is 6.93. The number of hydrogen-bond donors (Lipinski definition) is 2. The fraction of sp³-hybridized carbons (Fsp3) is 0.467. The van der Waals surface area contributed by atoms with Crippen molar-refractivity contribution in [1.29, 1.82) is 0 Å². The van der Waals surface area contributed by atoms with Crippen molar-refractivity contribution < 1.29 is 4.42 Å². The van der Waals surface area contributed by atoms with Gasteiger partial charge in [0.15, 0.2) is 0 Å². The van der Waals surface area contributed by atoms with E-state index in [1.54, 1.807) is 6.26 Å². The van der Waals surface area contributed by atoms with E-state index >= 15 is 0 Å². The van der Waals surface area contributed by atoms with Gasteiger partial charge in [-0.15, -0.1) is 0 Å². The standard InChI is InChI=1S/C15H22N4O/c1-4-6-13-18-14(16-3)10-15(19-13)17-11(2)9-12-7-5-8-20-12/h5,7-8,10-11H,4,6,9H2,1-3H3,(H2,16,17,18,19). The highest BCUT2D eigenvalue weighted by Gasteiger charge is 2.09. The van der Waals surface area contributed by atoms with Gasteiger partial charge in [-0.1, -0.05) is 6.92 Å². The van der Waals surface area contributed by atoms with Crippen LogP contribution < -0.4 is 10.6 Å². The molecule has 0 saturated heterocycles. The molecule has 0 aliphatic heterocycles. The van der Waals surface area contributed by atoms with Gasteiger partial charge in [-0.05, 0) is 25.5 Å². The van der Waals surface area contributed by atoms with Crippen molar-refractivity contribution in [3.63, 3.8) is 0 Å². The summed E-state index contributed by atoms with van der Waals surface area (Å²) in [5.74, 6) is 3.54. The number of nitrogens with zero attached hydrogens (tertiary/aromatic N) is 2. The lowest BCUT2D eigenvalue weighted by atomic mass is 10.2. The van der Waals surface area contributed by atoms with E-state index < -0.39 is 0 Å². The van der Waals surface area contributed by atoms with Gasteiger partial charge < -0.3 is 15.1 Å². The lowest BCUT2D eigenvalue weighted by molar-refractivity contribution is 0.497. The fourth-order valence-corrected chi connectivity index (χ4v) is 2.07. The van der Waals surface area contributed by atoms with E-state index in [-0.39, 0.29) is 6.04 Å². The molecule has 2 aromatic heterocycles. The van der Waals surface area contributed by atoms with E-state index in [1.165, 1.54) is 0 Å². The summed E-state index contributed by atoms with van der Waals surface area (Å²) in [5.41, 5.74) is 0. The molecule has 20 heavy (non-hydrogen) atoms. The van der Waals surface area contributed by atoms with Crippen LogP contribution >= 0.6 is 0 Å². The Morgan fingerprint density at radius 3 is 2.75 bits per heavy atom. The van der Waals surface area contributed by atoms with Crippen LogP contribution in [-0.2, 0) is 12.8 Å². The Balaban J connectivity index is 2.05. The van der Waals surface area contributed by atoms with Gasteiger partial charge >= 0.3 is 0 Å². The Kier molecular flexibility index (Phi) is 4.98. The molecule has 2 aromatic rings. The first kappa shape index (κ1) is 14.4. The Bertz CT molecular complexity index is 525. The van der Waals surface area contributed by atoms with Crippen LogP contribution in [0.5, 0.6) is 0 Å². The maximum absolute atomic E-state index is 5.36. The third kappa shape index (κ3) is 3.98. The lowest BCUT2D eigenvalue weighted by Gasteiger charge is -2.15. The number of hydrogen-bond acceptors (Lipinski definition) is 5. The van der Waals surface area contributed by atoms with Crippen LogP contribution in [-0.4, -0.2) is 23.1 Å². The molecule has 5 heteroatoms. The summed E-state index contributed by atoms with van der Waals surface area (Å²) in [7, 11) is 1.87. The summed E-state index contributed by atoms with van der Waals surface area (Å²) in [6.07, 6.45) is 4.45. The van der Waals surface area contributed by atoms with Gasteiger partial charge in [-0.3, -0.25) is 0 Å². The minimum absolute atomic E-state index is 0.246. The zero-order valence-electron chi connectivity index (χ0n) is 12.3. The second-order valence-corrected chi connectivity index (χ2v) is 4.88. The van der Waals surface area contributed by atoms with E-state index in [4.69, 9.17) is 4.42 Å². The lowest BCUT2D eigenvalue weighted by Crippen LogP contribution is -2.19. The van der Waals surface area contributed by atoms with Crippen LogP contribution in [0, 0.1) is 0 Å².